The fraction of sp³-hybridized carbons (Fsp3) is 0.176. The van der Waals surface area contributed by atoms with Gasteiger partial charge >= 0.3 is 0 Å². The van der Waals surface area contributed by atoms with Crippen molar-refractivity contribution >= 4 is 28.4 Å². The number of halogens is 4. The van der Waals surface area contributed by atoms with Crippen molar-refractivity contribution in [1.29, 1.82) is 0 Å². The Balaban J connectivity index is 1.90. The normalized spacial score (nSPS) is 12.6. The first-order chi connectivity index (χ1) is 11.9. The quantitative estimate of drug-likeness (QED) is 0.652. The van der Waals surface area contributed by atoms with E-state index in [1.165, 1.54) is 19.1 Å². The Morgan fingerprint density at radius 2 is 2.00 bits per heavy atom. The molecule has 0 aliphatic rings. The number of nitrogens with one attached hydrogen (secondary N) is 2. The van der Waals surface area contributed by atoms with Crippen LogP contribution in [0.5, 0.6) is 0 Å². The molecule has 2 N–H and O–H groups in total. The van der Waals surface area contributed by atoms with Crippen LogP contribution >= 0.6 is 11.6 Å². The van der Waals surface area contributed by atoms with E-state index in [1.54, 1.807) is 18.3 Å². The number of carbonyl (C=O) groups excluding carboxylic acids is 1. The molecule has 4 nitrogen and oxygen atoms in total. The van der Waals surface area contributed by atoms with Crippen molar-refractivity contribution in [3.63, 3.8) is 0 Å². The Morgan fingerprint density at radius 3 is 2.72 bits per heavy atom. The minimum atomic E-state index is -2.93. The zero-order valence-electron chi connectivity index (χ0n) is 13.0. The maximum atomic E-state index is 14.2. The summed E-state index contributed by atoms with van der Waals surface area (Å²) in [6, 6.07) is 6.18. The summed E-state index contributed by atoms with van der Waals surface area (Å²) >= 11 is 5.91. The van der Waals surface area contributed by atoms with Crippen LogP contribution in [0, 0.1) is 5.82 Å². The second kappa shape index (κ2) is 6.76. The number of alkyl halides is 2. The van der Waals surface area contributed by atoms with Crippen molar-refractivity contribution in [2.24, 2.45) is 0 Å². The molecule has 0 fully saturated rings. The van der Waals surface area contributed by atoms with Gasteiger partial charge in [0, 0.05) is 17.1 Å². The first-order valence-electron chi connectivity index (χ1n) is 7.39. The minimum absolute atomic E-state index is 0.0316. The summed E-state index contributed by atoms with van der Waals surface area (Å²) in [5, 5.41) is 3.40. The number of pyridine rings is 1. The number of hydrogen-bond acceptors (Lipinski definition) is 2. The van der Waals surface area contributed by atoms with Crippen LogP contribution in [-0.4, -0.2) is 15.9 Å². The molecule has 1 atom stereocenters. The molecule has 0 aliphatic heterocycles. The number of carbonyl (C=O) groups is 1. The summed E-state index contributed by atoms with van der Waals surface area (Å²) < 4.78 is 39.9. The van der Waals surface area contributed by atoms with Gasteiger partial charge in [0.1, 0.15) is 11.0 Å². The average molecular weight is 368 g/mol. The van der Waals surface area contributed by atoms with Crippen LogP contribution < -0.4 is 5.32 Å². The molecule has 3 rings (SSSR count). The molecular formula is C17H13ClF3N3O. The fourth-order valence-corrected chi connectivity index (χ4v) is 2.81. The van der Waals surface area contributed by atoms with Gasteiger partial charge in [0.15, 0.2) is 5.69 Å². The third-order valence-electron chi connectivity index (χ3n) is 3.83. The number of fused-ring (bicyclic) bond motifs is 1. The van der Waals surface area contributed by atoms with Crippen molar-refractivity contribution in [2.75, 3.05) is 0 Å². The summed E-state index contributed by atoms with van der Waals surface area (Å²) in [6.07, 6.45) is -1.30. The molecule has 0 unspecified atom stereocenters. The maximum absolute atomic E-state index is 14.2. The molecule has 25 heavy (non-hydrogen) atoms. The number of rotatable bonds is 4. The van der Waals surface area contributed by atoms with E-state index in [2.05, 4.69) is 15.3 Å². The largest absolute Gasteiger partial charge is 0.359 e. The first-order valence-corrected chi connectivity index (χ1v) is 7.77. The molecule has 0 aliphatic carbocycles. The lowest BCUT2D eigenvalue weighted by molar-refractivity contribution is 0.0936. The van der Waals surface area contributed by atoms with Crippen molar-refractivity contribution in [3.8, 4) is 0 Å². The standard InChI is InChI=1S/C17H13ClF3N3O/c1-8(10-3-2-4-11(13(10)19)16(20)21)23-17(25)15-14-9(5-6-22-14)7-12(18)24-15/h2-8,16,22H,1H3,(H,23,25)/t8-/m1/s1. The maximum Gasteiger partial charge on any atom is 0.272 e. The number of hydrogen-bond donors (Lipinski definition) is 2. The Labute approximate surface area is 146 Å². The molecule has 3 aromatic rings. The Kier molecular flexibility index (Phi) is 4.67. The van der Waals surface area contributed by atoms with Crippen molar-refractivity contribution in [3.05, 3.63) is 64.3 Å². The number of amides is 1. The number of aromatic amines is 1. The van der Waals surface area contributed by atoms with Gasteiger partial charge in [0.2, 0.25) is 0 Å². The highest BCUT2D eigenvalue weighted by atomic mass is 35.5. The van der Waals surface area contributed by atoms with Gasteiger partial charge in [-0.2, -0.15) is 0 Å². The number of benzene rings is 1. The molecule has 1 aromatic carbocycles. The Hall–Kier alpha value is -2.54. The summed E-state index contributed by atoms with van der Waals surface area (Å²) in [4.78, 5) is 19.4. The van der Waals surface area contributed by atoms with E-state index in [0.717, 1.165) is 6.07 Å². The third-order valence-corrected chi connectivity index (χ3v) is 4.03. The monoisotopic (exact) mass is 367 g/mol. The molecule has 0 saturated carbocycles. The number of H-pyrrole nitrogens is 1. The van der Waals surface area contributed by atoms with Gasteiger partial charge in [0.25, 0.3) is 12.3 Å². The molecule has 0 saturated heterocycles. The van der Waals surface area contributed by atoms with Crippen molar-refractivity contribution in [1.82, 2.24) is 15.3 Å². The molecule has 1 amide bonds. The number of nitrogens with zero attached hydrogens (tertiary/aromatic N) is 1. The van der Waals surface area contributed by atoms with Crippen LogP contribution in [-0.2, 0) is 0 Å². The van der Waals surface area contributed by atoms with Gasteiger partial charge < -0.3 is 10.3 Å². The minimum Gasteiger partial charge on any atom is -0.359 e. The average Bonchev–Trinajstić information content (AvgIpc) is 3.01. The van der Waals surface area contributed by atoms with Gasteiger partial charge in [-0.25, -0.2) is 18.2 Å². The van der Waals surface area contributed by atoms with Gasteiger partial charge in [-0.15, -0.1) is 0 Å². The van der Waals surface area contributed by atoms with E-state index < -0.39 is 29.8 Å². The molecule has 130 valence electrons. The van der Waals surface area contributed by atoms with E-state index in [-0.39, 0.29) is 16.4 Å². The molecule has 8 heteroatoms. The smallest absolute Gasteiger partial charge is 0.272 e. The van der Waals surface area contributed by atoms with Crippen LogP contribution in [0.15, 0.2) is 36.5 Å². The topological polar surface area (TPSA) is 57.8 Å². The first kappa shape index (κ1) is 17.3. The lowest BCUT2D eigenvalue weighted by atomic mass is 10.0. The Morgan fingerprint density at radius 1 is 1.28 bits per heavy atom. The second-order valence-electron chi connectivity index (χ2n) is 5.48. The van der Waals surface area contributed by atoms with Crippen LogP contribution in [0.4, 0.5) is 13.2 Å². The summed E-state index contributed by atoms with van der Waals surface area (Å²) in [6.45, 7) is 1.50. The molecule has 2 aromatic heterocycles. The summed E-state index contributed by atoms with van der Waals surface area (Å²) in [5.41, 5.74) is -0.206. The van der Waals surface area contributed by atoms with Gasteiger partial charge in [-0.1, -0.05) is 29.8 Å². The molecule has 0 spiro atoms. The molecule has 2 heterocycles. The predicted octanol–water partition coefficient (Wildman–Crippen LogP) is 4.78. The van der Waals surface area contributed by atoms with E-state index >= 15 is 0 Å². The van der Waals surface area contributed by atoms with Crippen molar-refractivity contribution < 1.29 is 18.0 Å². The van der Waals surface area contributed by atoms with E-state index in [1.807, 2.05) is 0 Å². The van der Waals surface area contributed by atoms with Crippen LogP contribution in [0.3, 0.4) is 0 Å². The van der Waals surface area contributed by atoms with Crippen LogP contribution in [0.2, 0.25) is 5.15 Å². The SMILES string of the molecule is C[C@@H](NC(=O)c1nc(Cl)cc2cc[nH]c12)c1cccc(C(F)F)c1F. The second-order valence-corrected chi connectivity index (χ2v) is 5.87. The molecular weight excluding hydrogens is 355 g/mol. The molecule has 0 radical (unpaired) electrons. The highest BCUT2D eigenvalue weighted by Crippen LogP contribution is 2.27. The van der Waals surface area contributed by atoms with E-state index in [4.69, 9.17) is 11.6 Å². The summed E-state index contributed by atoms with van der Waals surface area (Å²) in [7, 11) is 0. The summed E-state index contributed by atoms with van der Waals surface area (Å²) in [5.74, 6) is -1.63. The number of aromatic nitrogens is 2. The van der Waals surface area contributed by atoms with Crippen LogP contribution in [0.25, 0.3) is 10.9 Å². The highest BCUT2D eigenvalue weighted by molar-refractivity contribution is 6.30. The van der Waals surface area contributed by atoms with Crippen LogP contribution in [0.1, 0.15) is 41.0 Å². The fourth-order valence-electron chi connectivity index (χ4n) is 2.61. The Bertz CT molecular complexity index is 942. The zero-order chi connectivity index (χ0) is 18.1. The van der Waals surface area contributed by atoms with Crippen molar-refractivity contribution in [2.45, 2.75) is 19.4 Å². The predicted molar refractivity (Wildman–Crippen MR) is 88.3 cm³/mol. The van der Waals surface area contributed by atoms with Gasteiger partial charge in [0.05, 0.1) is 17.1 Å². The lowest BCUT2D eigenvalue weighted by Crippen LogP contribution is -2.28. The van der Waals surface area contributed by atoms with E-state index in [9.17, 15) is 18.0 Å². The lowest BCUT2D eigenvalue weighted by Gasteiger charge is -2.16. The van der Waals surface area contributed by atoms with Gasteiger partial charge in [-0.05, 0) is 19.1 Å². The third kappa shape index (κ3) is 3.32. The molecule has 0 bridgehead atoms. The van der Waals surface area contributed by atoms with Gasteiger partial charge in [-0.3, -0.25) is 4.79 Å². The van der Waals surface area contributed by atoms with E-state index in [0.29, 0.717) is 10.9 Å². The zero-order valence-corrected chi connectivity index (χ0v) is 13.7. The highest BCUT2D eigenvalue weighted by Gasteiger charge is 2.22.